The molecule has 100 valence electrons. The lowest BCUT2D eigenvalue weighted by Gasteiger charge is -2.08. The van der Waals surface area contributed by atoms with Gasteiger partial charge in [-0.1, -0.05) is 18.2 Å². The van der Waals surface area contributed by atoms with E-state index in [9.17, 15) is 8.78 Å². The molecule has 0 bridgehead atoms. The zero-order valence-electron chi connectivity index (χ0n) is 10.8. The number of hydrogen-bond acceptors (Lipinski definition) is 2. The number of nitrogens with zero attached hydrogens (tertiary/aromatic N) is 1. The third-order valence-electron chi connectivity index (χ3n) is 3.37. The molecule has 3 aromatic rings. The summed E-state index contributed by atoms with van der Waals surface area (Å²) in [5.74, 6) is -0.940. The van der Waals surface area contributed by atoms with Crippen molar-refractivity contribution in [1.82, 2.24) is 4.98 Å². The second-order valence-electron chi connectivity index (χ2n) is 4.72. The van der Waals surface area contributed by atoms with Crippen molar-refractivity contribution in [3.05, 3.63) is 59.8 Å². The van der Waals surface area contributed by atoms with Crippen LogP contribution in [0.2, 0.25) is 0 Å². The molecule has 2 nitrogen and oxygen atoms in total. The number of fused-ring (bicyclic) bond motifs is 1. The van der Waals surface area contributed by atoms with Gasteiger partial charge in [0.1, 0.15) is 5.82 Å². The van der Waals surface area contributed by atoms with Crippen LogP contribution in [0.5, 0.6) is 0 Å². The lowest BCUT2D eigenvalue weighted by molar-refractivity contribution is 0.628. The standard InChI is InChI=1S/C16H12F2N2/c1-9-2-4-12(17)7-14(9)10-3-5-13-11(6-10)8-20-16(19)15(13)18/h2-8H,1H3,(H2,19,20). The van der Waals surface area contributed by atoms with E-state index in [0.29, 0.717) is 10.8 Å². The second kappa shape index (κ2) is 4.56. The van der Waals surface area contributed by atoms with Gasteiger partial charge in [-0.25, -0.2) is 13.8 Å². The highest BCUT2D eigenvalue weighted by Crippen LogP contribution is 2.29. The molecule has 0 aliphatic carbocycles. The van der Waals surface area contributed by atoms with E-state index in [1.165, 1.54) is 18.3 Å². The molecule has 0 saturated heterocycles. The molecule has 0 spiro atoms. The average Bonchev–Trinajstić information content (AvgIpc) is 2.45. The summed E-state index contributed by atoms with van der Waals surface area (Å²) in [5.41, 5.74) is 8.00. The Morgan fingerprint density at radius 1 is 1.05 bits per heavy atom. The van der Waals surface area contributed by atoms with E-state index >= 15 is 0 Å². The summed E-state index contributed by atoms with van der Waals surface area (Å²) >= 11 is 0. The third kappa shape index (κ3) is 1.99. The number of anilines is 1. The first-order chi connectivity index (χ1) is 9.56. The molecule has 0 radical (unpaired) electrons. The van der Waals surface area contributed by atoms with Crippen molar-refractivity contribution in [2.45, 2.75) is 6.92 Å². The van der Waals surface area contributed by atoms with Crippen LogP contribution in [-0.2, 0) is 0 Å². The molecule has 0 unspecified atom stereocenters. The van der Waals surface area contributed by atoms with E-state index in [1.54, 1.807) is 24.3 Å². The van der Waals surface area contributed by atoms with Gasteiger partial charge in [0.25, 0.3) is 0 Å². The summed E-state index contributed by atoms with van der Waals surface area (Å²) in [4.78, 5) is 3.81. The fourth-order valence-corrected chi connectivity index (χ4v) is 2.28. The van der Waals surface area contributed by atoms with Gasteiger partial charge in [0.15, 0.2) is 11.6 Å². The van der Waals surface area contributed by atoms with Gasteiger partial charge < -0.3 is 5.73 Å². The minimum Gasteiger partial charge on any atom is -0.381 e. The van der Waals surface area contributed by atoms with Crippen molar-refractivity contribution in [2.75, 3.05) is 5.73 Å². The summed E-state index contributed by atoms with van der Waals surface area (Å²) < 4.78 is 27.2. The normalized spacial score (nSPS) is 10.9. The van der Waals surface area contributed by atoms with E-state index < -0.39 is 5.82 Å². The molecule has 0 aliphatic heterocycles. The van der Waals surface area contributed by atoms with Crippen LogP contribution in [0.3, 0.4) is 0 Å². The van der Waals surface area contributed by atoms with Crippen molar-refractivity contribution >= 4 is 16.6 Å². The highest BCUT2D eigenvalue weighted by molar-refractivity contribution is 5.89. The number of hydrogen-bond donors (Lipinski definition) is 1. The first-order valence-corrected chi connectivity index (χ1v) is 6.16. The number of halogens is 2. The summed E-state index contributed by atoms with van der Waals surface area (Å²) in [5, 5.41) is 1.05. The highest BCUT2D eigenvalue weighted by Gasteiger charge is 2.09. The van der Waals surface area contributed by atoms with Gasteiger partial charge >= 0.3 is 0 Å². The van der Waals surface area contributed by atoms with Crippen LogP contribution in [-0.4, -0.2) is 4.98 Å². The minimum atomic E-state index is -0.523. The van der Waals surface area contributed by atoms with Gasteiger partial charge in [-0.3, -0.25) is 0 Å². The fourth-order valence-electron chi connectivity index (χ4n) is 2.28. The Labute approximate surface area is 114 Å². The van der Waals surface area contributed by atoms with Crippen molar-refractivity contribution in [3.8, 4) is 11.1 Å². The van der Waals surface area contributed by atoms with Crippen LogP contribution in [0.4, 0.5) is 14.6 Å². The Bertz CT molecular complexity index is 813. The number of pyridine rings is 1. The van der Waals surface area contributed by atoms with Gasteiger partial charge in [0, 0.05) is 17.0 Å². The van der Waals surface area contributed by atoms with E-state index in [-0.39, 0.29) is 11.6 Å². The predicted molar refractivity (Wildman–Crippen MR) is 76.2 cm³/mol. The molecule has 2 N–H and O–H groups in total. The predicted octanol–water partition coefficient (Wildman–Crippen LogP) is 4.07. The Hall–Kier alpha value is -2.49. The molecule has 2 aromatic carbocycles. The van der Waals surface area contributed by atoms with E-state index in [4.69, 9.17) is 5.73 Å². The zero-order chi connectivity index (χ0) is 14.3. The number of nitrogens with two attached hydrogens (primary N) is 1. The molecule has 0 fully saturated rings. The molecule has 3 rings (SSSR count). The van der Waals surface area contributed by atoms with E-state index in [0.717, 1.165) is 16.7 Å². The molecular formula is C16H12F2N2. The SMILES string of the molecule is Cc1ccc(F)cc1-c1ccc2c(F)c(N)ncc2c1. The number of rotatable bonds is 1. The highest BCUT2D eigenvalue weighted by atomic mass is 19.1. The lowest BCUT2D eigenvalue weighted by atomic mass is 9.98. The van der Waals surface area contributed by atoms with Crippen molar-refractivity contribution in [3.63, 3.8) is 0 Å². The quantitative estimate of drug-likeness (QED) is 0.724. The Morgan fingerprint density at radius 3 is 2.65 bits per heavy atom. The van der Waals surface area contributed by atoms with Crippen molar-refractivity contribution in [2.24, 2.45) is 0 Å². The number of benzene rings is 2. The molecule has 0 saturated carbocycles. The number of aromatic nitrogens is 1. The van der Waals surface area contributed by atoms with Crippen molar-refractivity contribution < 1.29 is 8.78 Å². The topological polar surface area (TPSA) is 38.9 Å². The van der Waals surface area contributed by atoms with Crippen LogP contribution >= 0.6 is 0 Å². The number of nitrogen functional groups attached to an aromatic ring is 1. The molecule has 0 aliphatic rings. The summed E-state index contributed by atoms with van der Waals surface area (Å²) in [6.07, 6.45) is 1.52. The summed E-state index contributed by atoms with van der Waals surface area (Å²) in [6.45, 7) is 1.90. The fraction of sp³-hybridized carbons (Fsp3) is 0.0625. The van der Waals surface area contributed by atoms with Gasteiger partial charge in [-0.05, 0) is 41.8 Å². The Kier molecular flexibility index (Phi) is 2.86. The number of aryl methyl sites for hydroxylation is 1. The van der Waals surface area contributed by atoms with Crippen molar-refractivity contribution in [1.29, 1.82) is 0 Å². The van der Waals surface area contributed by atoms with Gasteiger partial charge in [0.2, 0.25) is 0 Å². The van der Waals surface area contributed by atoms with Crippen LogP contribution in [0.1, 0.15) is 5.56 Å². The largest absolute Gasteiger partial charge is 0.381 e. The molecule has 0 atom stereocenters. The lowest BCUT2D eigenvalue weighted by Crippen LogP contribution is -1.95. The van der Waals surface area contributed by atoms with Crippen LogP contribution in [0.25, 0.3) is 21.9 Å². The maximum atomic E-state index is 13.8. The maximum absolute atomic E-state index is 13.8. The van der Waals surface area contributed by atoms with Crippen LogP contribution < -0.4 is 5.73 Å². The molecule has 4 heteroatoms. The average molecular weight is 270 g/mol. The first kappa shape index (κ1) is 12.5. The van der Waals surface area contributed by atoms with Gasteiger partial charge in [-0.2, -0.15) is 0 Å². The summed E-state index contributed by atoms with van der Waals surface area (Å²) in [6, 6.07) is 9.79. The Balaban J connectivity index is 2.23. The molecule has 1 heterocycles. The monoisotopic (exact) mass is 270 g/mol. The van der Waals surface area contributed by atoms with Gasteiger partial charge in [-0.15, -0.1) is 0 Å². The smallest absolute Gasteiger partial charge is 0.173 e. The molecular weight excluding hydrogens is 258 g/mol. The van der Waals surface area contributed by atoms with Crippen LogP contribution in [0.15, 0.2) is 42.6 Å². The first-order valence-electron chi connectivity index (χ1n) is 6.16. The minimum absolute atomic E-state index is 0.118. The van der Waals surface area contributed by atoms with E-state index in [2.05, 4.69) is 4.98 Å². The molecule has 1 aromatic heterocycles. The van der Waals surface area contributed by atoms with Crippen LogP contribution in [0, 0.1) is 18.6 Å². The molecule has 20 heavy (non-hydrogen) atoms. The van der Waals surface area contributed by atoms with Gasteiger partial charge in [0.05, 0.1) is 0 Å². The molecule has 0 amide bonds. The van der Waals surface area contributed by atoms with E-state index in [1.807, 2.05) is 6.92 Å². The summed E-state index contributed by atoms with van der Waals surface area (Å²) in [7, 11) is 0. The third-order valence-corrected chi connectivity index (χ3v) is 3.37. The maximum Gasteiger partial charge on any atom is 0.173 e. The Morgan fingerprint density at radius 2 is 1.85 bits per heavy atom. The zero-order valence-corrected chi connectivity index (χ0v) is 10.8. The second-order valence-corrected chi connectivity index (χ2v) is 4.72.